The van der Waals surface area contributed by atoms with Crippen molar-refractivity contribution in [2.24, 2.45) is 0 Å². The molecule has 106 valence electrons. The lowest BCUT2D eigenvalue weighted by Gasteiger charge is -2.07. The lowest BCUT2D eigenvalue weighted by Crippen LogP contribution is -2.29. The van der Waals surface area contributed by atoms with Crippen LogP contribution in [0.5, 0.6) is 0 Å². The number of benzene rings is 1. The molecule has 0 radical (unpaired) electrons. The Balaban J connectivity index is 2.01. The minimum Gasteiger partial charge on any atom is -0.444 e. The van der Waals surface area contributed by atoms with Gasteiger partial charge in [0.25, 0.3) is 0 Å². The lowest BCUT2D eigenvalue weighted by atomic mass is 10.2. The number of nitrogens with one attached hydrogen (secondary N) is 2. The Morgan fingerprint density at radius 3 is 3.00 bits per heavy atom. The highest BCUT2D eigenvalue weighted by atomic mass is 16.3. The highest BCUT2D eigenvalue weighted by Gasteiger charge is 2.06. The van der Waals surface area contributed by atoms with Gasteiger partial charge >= 0.3 is 6.03 Å². The van der Waals surface area contributed by atoms with E-state index in [4.69, 9.17) is 9.52 Å². The van der Waals surface area contributed by atoms with E-state index in [-0.39, 0.29) is 12.6 Å². The van der Waals surface area contributed by atoms with E-state index in [0.717, 1.165) is 11.3 Å². The average molecular weight is 275 g/mol. The summed E-state index contributed by atoms with van der Waals surface area (Å²) < 4.78 is 5.32. The Morgan fingerprint density at radius 1 is 1.45 bits per heavy atom. The molecule has 0 aliphatic rings. The van der Waals surface area contributed by atoms with Crippen LogP contribution in [0.4, 0.5) is 10.5 Å². The molecule has 0 aliphatic heterocycles. The molecule has 0 saturated heterocycles. The fourth-order valence-electron chi connectivity index (χ4n) is 1.67. The number of aliphatic hydroxyl groups is 1. The third kappa shape index (κ3) is 3.83. The molecule has 1 aromatic carbocycles. The van der Waals surface area contributed by atoms with Gasteiger partial charge in [-0.25, -0.2) is 9.78 Å². The molecule has 0 fully saturated rings. The van der Waals surface area contributed by atoms with Crippen LogP contribution in [0.15, 0.2) is 34.9 Å². The number of aromatic nitrogens is 1. The topological polar surface area (TPSA) is 87.4 Å². The fourth-order valence-corrected chi connectivity index (χ4v) is 1.67. The number of nitrogens with zero attached hydrogens (tertiary/aromatic N) is 1. The zero-order valence-corrected chi connectivity index (χ0v) is 11.2. The highest BCUT2D eigenvalue weighted by Crippen LogP contribution is 2.21. The number of urea groups is 1. The van der Waals surface area contributed by atoms with Crippen LogP contribution in [0.25, 0.3) is 11.5 Å². The van der Waals surface area contributed by atoms with Crippen molar-refractivity contribution < 1.29 is 14.3 Å². The van der Waals surface area contributed by atoms with Gasteiger partial charge < -0.3 is 20.2 Å². The van der Waals surface area contributed by atoms with Crippen molar-refractivity contribution in [1.82, 2.24) is 10.3 Å². The third-order valence-corrected chi connectivity index (χ3v) is 2.61. The standard InChI is InChI=1S/C14H17N3O3/c1-10-9-20-13(16-10)11-4-2-5-12(8-11)17-14(19)15-6-3-7-18/h2,4-5,8-9,18H,3,6-7H2,1H3,(H2,15,17,19). The number of aliphatic hydroxyl groups excluding tert-OH is 1. The second kappa shape index (κ2) is 6.72. The number of rotatable bonds is 5. The minimum absolute atomic E-state index is 0.0548. The molecule has 2 rings (SSSR count). The summed E-state index contributed by atoms with van der Waals surface area (Å²) >= 11 is 0. The second-order valence-electron chi connectivity index (χ2n) is 4.33. The molecule has 6 heteroatoms. The van der Waals surface area contributed by atoms with Crippen molar-refractivity contribution in [1.29, 1.82) is 0 Å². The van der Waals surface area contributed by atoms with Gasteiger partial charge in [0.2, 0.25) is 5.89 Å². The average Bonchev–Trinajstić information content (AvgIpc) is 2.86. The van der Waals surface area contributed by atoms with Crippen molar-refractivity contribution in [3.8, 4) is 11.5 Å². The van der Waals surface area contributed by atoms with Gasteiger partial charge in [0.15, 0.2) is 0 Å². The predicted octanol–water partition coefficient (Wildman–Crippen LogP) is 2.15. The van der Waals surface area contributed by atoms with E-state index < -0.39 is 0 Å². The normalized spacial score (nSPS) is 10.3. The Kier molecular flexibility index (Phi) is 4.73. The van der Waals surface area contributed by atoms with Crippen molar-refractivity contribution in [2.75, 3.05) is 18.5 Å². The van der Waals surface area contributed by atoms with Gasteiger partial charge in [-0.2, -0.15) is 0 Å². The number of carbonyl (C=O) groups excluding carboxylic acids is 1. The van der Waals surface area contributed by atoms with E-state index in [0.29, 0.717) is 24.5 Å². The van der Waals surface area contributed by atoms with Crippen molar-refractivity contribution in [3.05, 3.63) is 36.2 Å². The predicted molar refractivity (Wildman–Crippen MR) is 75.4 cm³/mol. The first-order chi connectivity index (χ1) is 9.69. The molecule has 0 saturated carbocycles. The molecular formula is C14H17N3O3. The quantitative estimate of drug-likeness (QED) is 0.730. The molecule has 20 heavy (non-hydrogen) atoms. The number of amides is 2. The van der Waals surface area contributed by atoms with E-state index in [2.05, 4.69) is 15.6 Å². The Morgan fingerprint density at radius 2 is 2.30 bits per heavy atom. The summed E-state index contributed by atoms with van der Waals surface area (Å²) in [6.07, 6.45) is 2.11. The second-order valence-corrected chi connectivity index (χ2v) is 4.33. The van der Waals surface area contributed by atoms with Crippen LogP contribution < -0.4 is 10.6 Å². The smallest absolute Gasteiger partial charge is 0.319 e. The number of aryl methyl sites for hydroxylation is 1. The van der Waals surface area contributed by atoms with Crippen molar-refractivity contribution in [3.63, 3.8) is 0 Å². The van der Waals surface area contributed by atoms with Gasteiger partial charge in [-0.05, 0) is 31.5 Å². The third-order valence-electron chi connectivity index (χ3n) is 2.61. The van der Waals surface area contributed by atoms with E-state index in [1.807, 2.05) is 19.1 Å². The monoisotopic (exact) mass is 275 g/mol. The van der Waals surface area contributed by atoms with E-state index in [9.17, 15) is 4.79 Å². The molecule has 0 aliphatic carbocycles. The van der Waals surface area contributed by atoms with Gasteiger partial charge in [0, 0.05) is 24.4 Å². The van der Waals surface area contributed by atoms with E-state index >= 15 is 0 Å². The first-order valence-corrected chi connectivity index (χ1v) is 6.37. The van der Waals surface area contributed by atoms with E-state index in [1.165, 1.54) is 0 Å². The van der Waals surface area contributed by atoms with Crippen LogP contribution in [-0.4, -0.2) is 29.3 Å². The molecule has 0 spiro atoms. The van der Waals surface area contributed by atoms with Gasteiger partial charge in [-0.3, -0.25) is 0 Å². The lowest BCUT2D eigenvalue weighted by molar-refractivity contribution is 0.249. The highest BCUT2D eigenvalue weighted by molar-refractivity contribution is 5.89. The number of hydrogen-bond acceptors (Lipinski definition) is 4. The molecule has 1 heterocycles. The maximum atomic E-state index is 11.6. The molecular weight excluding hydrogens is 258 g/mol. The van der Waals surface area contributed by atoms with Crippen LogP contribution in [0, 0.1) is 6.92 Å². The summed E-state index contributed by atoms with van der Waals surface area (Å²) in [7, 11) is 0. The first kappa shape index (κ1) is 14.1. The Hall–Kier alpha value is -2.34. The summed E-state index contributed by atoms with van der Waals surface area (Å²) in [5.74, 6) is 0.520. The molecule has 0 atom stereocenters. The fraction of sp³-hybridized carbons (Fsp3) is 0.286. The van der Waals surface area contributed by atoms with Crippen LogP contribution >= 0.6 is 0 Å². The summed E-state index contributed by atoms with van der Waals surface area (Å²) in [5.41, 5.74) is 2.26. The van der Waals surface area contributed by atoms with Gasteiger partial charge in [-0.15, -0.1) is 0 Å². The summed E-state index contributed by atoms with van der Waals surface area (Å²) in [6.45, 7) is 2.34. The molecule has 0 bridgehead atoms. The Bertz CT molecular complexity index is 581. The van der Waals surface area contributed by atoms with Gasteiger partial charge in [-0.1, -0.05) is 6.07 Å². The van der Waals surface area contributed by atoms with Crippen LogP contribution in [0.3, 0.4) is 0 Å². The first-order valence-electron chi connectivity index (χ1n) is 6.37. The van der Waals surface area contributed by atoms with Gasteiger partial charge in [0.1, 0.15) is 6.26 Å². The maximum absolute atomic E-state index is 11.6. The van der Waals surface area contributed by atoms with Crippen LogP contribution in [0.1, 0.15) is 12.1 Å². The molecule has 6 nitrogen and oxygen atoms in total. The SMILES string of the molecule is Cc1coc(-c2cccc(NC(=O)NCCCO)c2)n1. The summed E-state index contributed by atoms with van der Waals surface area (Å²) in [5, 5.41) is 14.0. The maximum Gasteiger partial charge on any atom is 0.319 e. The zero-order chi connectivity index (χ0) is 14.4. The molecule has 3 N–H and O–H groups in total. The molecule has 1 aromatic heterocycles. The minimum atomic E-state index is -0.306. The molecule has 0 unspecified atom stereocenters. The number of anilines is 1. The Labute approximate surface area is 116 Å². The summed E-state index contributed by atoms with van der Waals surface area (Å²) in [4.78, 5) is 15.8. The largest absolute Gasteiger partial charge is 0.444 e. The zero-order valence-electron chi connectivity index (χ0n) is 11.2. The summed E-state index contributed by atoms with van der Waals surface area (Å²) in [6, 6.07) is 6.94. The van der Waals surface area contributed by atoms with Crippen LogP contribution in [-0.2, 0) is 0 Å². The molecule has 2 aromatic rings. The van der Waals surface area contributed by atoms with Crippen LogP contribution in [0.2, 0.25) is 0 Å². The van der Waals surface area contributed by atoms with E-state index in [1.54, 1.807) is 18.4 Å². The number of hydrogen-bond donors (Lipinski definition) is 3. The van der Waals surface area contributed by atoms with Crippen molar-refractivity contribution in [2.45, 2.75) is 13.3 Å². The van der Waals surface area contributed by atoms with Gasteiger partial charge in [0.05, 0.1) is 5.69 Å². The molecule has 2 amide bonds. The number of carbonyl (C=O) groups is 1. The number of oxazole rings is 1. The van der Waals surface area contributed by atoms with Crippen molar-refractivity contribution >= 4 is 11.7 Å².